The van der Waals surface area contributed by atoms with E-state index in [1.807, 2.05) is 37.3 Å². The zero-order valence-corrected chi connectivity index (χ0v) is 30.1. The normalized spacial score (nSPS) is 15.3. The third-order valence-corrected chi connectivity index (χ3v) is 9.70. The Hall–Kier alpha value is -5.43. The Labute approximate surface area is 306 Å². The summed E-state index contributed by atoms with van der Waals surface area (Å²) < 4.78 is 54.7. The molecule has 3 aromatic heterocycles. The average molecular weight is 730 g/mol. The summed E-state index contributed by atoms with van der Waals surface area (Å²) in [6.07, 6.45) is 6.78. The molecule has 9 nitrogen and oxygen atoms in total. The average Bonchev–Trinajstić information content (AvgIpc) is 3.57. The lowest BCUT2D eigenvalue weighted by molar-refractivity contribution is -0.137. The van der Waals surface area contributed by atoms with Crippen molar-refractivity contribution < 1.29 is 27.2 Å². The summed E-state index contributed by atoms with van der Waals surface area (Å²) >= 11 is 0. The first-order valence-corrected chi connectivity index (χ1v) is 17.5. The molecule has 0 saturated carbocycles. The molecule has 2 aromatic carbocycles. The highest BCUT2D eigenvalue weighted by atomic mass is 19.4. The van der Waals surface area contributed by atoms with Crippen LogP contribution in [0.4, 0.5) is 29.2 Å². The zero-order valence-electron chi connectivity index (χ0n) is 30.1. The van der Waals surface area contributed by atoms with Gasteiger partial charge < -0.3 is 20.7 Å². The molecule has 5 aromatic rings. The lowest BCUT2D eigenvalue weighted by Gasteiger charge is -2.29. The van der Waals surface area contributed by atoms with Crippen molar-refractivity contribution in [2.45, 2.75) is 58.5 Å². The van der Waals surface area contributed by atoms with Crippen molar-refractivity contribution in [2.75, 3.05) is 31.2 Å². The summed E-state index contributed by atoms with van der Waals surface area (Å²) in [5.74, 6) is 0.1000. The van der Waals surface area contributed by atoms with E-state index in [1.165, 1.54) is 12.1 Å². The number of alkyl halides is 3. The Morgan fingerprint density at radius 2 is 1.72 bits per heavy atom. The molecule has 1 fully saturated rings. The number of halogens is 4. The highest BCUT2D eigenvalue weighted by Crippen LogP contribution is 2.35. The van der Waals surface area contributed by atoms with Crippen LogP contribution in [-0.2, 0) is 11.0 Å². The SMILES string of the molecule is CCC(C)(C=O)CC.CN1CCCC(c2nc(-c3ccc(C(=O)Nc4cc(C(F)(F)F)ccn4)cc3)c3c(N)ncc(/C=C/c4ccc(F)cc4)n23)C1. The predicted octanol–water partition coefficient (Wildman–Crippen LogP) is 8.77. The fraction of sp³-hybridized carbons (Fsp3) is 0.325. The summed E-state index contributed by atoms with van der Waals surface area (Å²) in [6, 6.07) is 14.4. The quantitative estimate of drug-likeness (QED) is 0.115. The van der Waals surface area contributed by atoms with Crippen molar-refractivity contribution in [3.63, 3.8) is 0 Å². The Balaban J connectivity index is 0.000000609. The van der Waals surface area contributed by atoms with E-state index in [1.54, 1.807) is 42.6 Å². The van der Waals surface area contributed by atoms with Crippen LogP contribution >= 0.6 is 0 Å². The molecule has 1 aliphatic heterocycles. The molecule has 1 atom stereocenters. The van der Waals surface area contributed by atoms with Crippen LogP contribution in [0.1, 0.15) is 85.4 Å². The highest BCUT2D eigenvalue weighted by molar-refractivity contribution is 6.04. The van der Waals surface area contributed by atoms with E-state index in [-0.39, 0.29) is 34.3 Å². The van der Waals surface area contributed by atoms with Gasteiger partial charge in [0.25, 0.3) is 5.91 Å². The number of fused-ring (bicyclic) bond motifs is 1. The number of nitrogens with two attached hydrogens (primary N) is 1. The van der Waals surface area contributed by atoms with Gasteiger partial charge in [0.2, 0.25) is 0 Å². The standard InChI is InChI=1S/C33H29F4N7O.C7H14O/c1-43-16-2-3-23(19-43)31-42-28(29-30(38)40-18-26(44(29)31)13-6-20-4-11-25(34)12-5-20)21-7-9-22(10-8-21)32(45)41-27-17-24(14-15-39-27)33(35,36)37;1-4-7(3,5-2)6-8/h4-15,17-18,23H,2-3,16,19H2,1H3,(H2,38,40)(H,39,41,45);6H,4-5H2,1-3H3/b13-6+;. The molecule has 0 spiro atoms. The lowest BCUT2D eigenvalue weighted by atomic mass is 9.87. The number of anilines is 2. The number of rotatable bonds is 9. The number of carbonyl (C=O) groups is 2. The molecule has 6 rings (SSSR count). The molecule has 0 aliphatic carbocycles. The van der Waals surface area contributed by atoms with Gasteiger partial charge in [0.15, 0.2) is 0 Å². The van der Waals surface area contributed by atoms with Gasteiger partial charge >= 0.3 is 6.18 Å². The molecule has 278 valence electrons. The number of imidazole rings is 1. The van der Waals surface area contributed by atoms with E-state index in [0.717, 1.165) is 80.5 Å². The second-order valence-corrected chi connectivity index (χ2v) is 13.5. The Morgan fingerprint density at radius 3 is 2.32 bits per heavy atom. The number of amides is 1. The fourth-order valence-corrected chi connectivity index (χ4v) is 5.97. The Morgan fingerprint density at radius 1 is 1.02 bits per heavy atom. The molecule has 53 heavy (non-hydrogen) atoms. The summed E-state index contributed by atoms with van der Waals surface area (Å²) in [5.41, 5.74) is 9.18. The Kier molecular flexibility index (Phi) is 12.1. The number of hydrogen-bond donors (Lipinski definition) is 2. The van der Waals surface area contributed by atoms with Gasteiger partial charge in [0, 0.05) is 35.2 Å². The van der Waals surface area contributed by atoms with Crippen LogP contribution in [0.25, 0.3) is 28.9 Å². The number of carbonyl (C=O) groups excluding carboxylic acids is 2. The van der Waals surface area contributed by atoms with Gasteiger partial charge in [-0.1, -0.05) is 51.1 Å². The molecule has 4 heterocycles. The number of benzene rings is 2. The van der Waals surface area contributed by atoms with Crippen LogP contribution in [0.2, 0.25) is 0 Å². The van der Waals surface area contributed by atoms with Gasteiger partial charge in [0.1, 0.15) is 40.8 Å². The van der Waals surface area contributed by atoms with Crippen molar-refractivity contribution in [3.05, 3.63) is 107 Å². The zero-order chi connectivity index (χ0) is 38.3. The maximum Gasteiger partial charge on any atom is 0.416 e. The first kappa shape index (κ1) is 38.8. The number of aldehydes is 1. The lowest BCUT2D eigenvalue weighted by Crippen LogP contribution is -2.31. The number of likely N-dealkylation sites (N-methyl/N-ethyl adjacent to an activating group) is 1. The molecule has 1 saturated heterocycles. The molecular formula is C40H43F4N7O2. The van der Waals surface area contributed by atoms with Gasteiger partial charge in [-0.2, -0.15) is 13.2 Å². The number of piperidine rings is 1. The minimum Gasteiger partial charge on any atom is -0.382 e. The van der Waals surface area contributed by atoms with E-state index in [2.05, 4.69) is 27.2 Å². The molecule has 13 heteroatoms. The van der Waals surface area contributed by atoms with Gasteiger partial charge in [-0.25, -0.2) is 19.3 Å². The van der Waals surface area contributed by atoms with E-state index in [4.69, 9.17) is 10.7 Å². The summed E-state index contributed by atoms with van der Waals surface area (Å²) in [4.78, 5) is 38.8. The molecule has 0 radical (unpaired) electrons. The first-order chi connectivity index (χ1) is 25.2. The molecule has 1 aliphatic rings. The van der Waals surface area contributed by atoms with Crippen molar-refractivity contribution in [1.29, 1.82) is 0 Å². The van der Waals surface area contributed by atoms with Crippen LogP contribution in [0.15, 0.2) is 73.1 Å². The number of nitrogens with one attached hydrogen (secondary N) is 1. The summed E-state index contributed by atoms with van der Waals surface area (Å²) in [5, 5.41) is 2.43. The molecule has 1 unspecified atom stereocenters. The molecule has 3 N–H and O–H groups in total. The predicted molar refractivity (Wildman–Crippen MR) is 200 cm³/mol. The number of hydrogen-bond acceptors (Lipinski definition) is 7. The number of nitrogen functional groups attached to an aromatic ring is 1. The minimum absolute atomic E-state index is 0.0556. The second kappa shape index (κ2) is 16.5. The van der Waals surface area contributed by atoms with Crippen molar-refractivity contribution in [1.82, 2.24) is 24.3 Å². The smallest absolute Gasteiger partial charge is 0.382 e. The van der Waals surface area contributed by atoms with Gasteiger partial charge in [-0.05, 0) is 87.3 Å². The topological polar surface area (TPSA) is 119 Å². The van der Waals surface area contributed by atoms with Gasteiger partial charge in [0.05, 0.1) is 17.5 Å². The minimum atomic E-state index is -4.56. The van der Waals surface area contributed by atoms with Crippen LogP contribution < -0.4 is 11.1 Å². The number of aromatic nitrogens is 4. The summed E-state index contributed by atoms with van der Waals surface area (Å²) in [6.45, 7) is 7.87. The van der Waals surface area contributed by atoms with Crippen LogP contribution in [0, 0.1) is 11.2 Å². The third kappa shape index (κ3) is 9.33. The van der Waals surface area contributed by atoms with Crippen molar-refractivity contribution >= 4 is 41.5 Å². The monoisotopic (exact) mass is 729 g/mol. The number of nitrogens with zero attached hydrogens (tertiary/aromatic N) is 5. The van der Waals surface area contributed by atoms with Crippen molar-refractivity contribution in [3.8, 4) is 11.3 Å². The number of likely N-dealkylation sites (tertiary alicyclic amines) is 1. The van der Waals surface area contributed by atoms with Crippen LogP contribution in [0.3, 0.4) is 0 Å². The number of pyridine rings is 1. The molecular weight excluding hydrogens is 686 g/mol. The second-order valence-electron chi connectivity index (χ2n) is 13.5. The maximum absolute atomic E-state index is 13.5. The van der Waals surface area contributed by atoms with Gasteiger partial charge in [-0.15, -0.1) is 0 Å². The van der Waals surface area contributed by atoms with Crippen molar-refractivity contribution in [2.24, 2.45) is 5.41 Å². The van der Waals surface area contributed by atoms with Crippen LogP contribution in [-0.4, -0.2) is 56.6 Å². The van der Waals surface area contributed by atoms with E-state index >= 15 is 0 Å². The molecule has 0 bridgehead atoms. The van der Waals surface area contributed by atoms with Gasteiger partial charge in [-0.3, -0.25) is 9.20 Å². The molecule has 1 amide bonds. The van der Waals surface area contributed by atoms with E-state index < -0.39 is 17.6 Å². The van der Waals surface area contributed by atoms with E-state index in [9.17, 15) is 27.2 Å². The third-order valence-electron chi connectivity index (χ3n) is 9.70. The first-order valence-electron chi connectivity index (χ1n) is 17.5. The summed E-state index contributed by atoms with van der Waals surface area (Å²) in [7, 11) is 2.08. The maximum atomic E-state index is 13.5. The largest absolute Gasteiger partial charge is 0.416 e. The van der Waals surface area contributed by atoms with E-state index in [0.29, 0.717) is 16.8 Å². The fourth-order valence-electron chi connectivity index (χ4n) is 5.97. The Bertz CT molecular complexity index is 2070. The highest BCUT2D eigenvalue weighted by Gasteiger charge is 2.31. The van der Waals surface area contributed by atoms with Crippen LogP contribution in [0.5, 0.6) is 0 Å².